The van der Waals surface area contributed by atoms with E-state index in [2.05, 4.69) is 31.1 Å². The molecule has 0 spiro atoms. The SMILES string of the molecule is Cc1nc(-c2ccc(C(C)(C)C)cc2)cc(CNC(=O)OC(C)(C)C)c1C(=O)[O-].[Li+]. The van der Waals surface area contributed by atoms with Gasteiger partial charge in [0.25, 0.3) is 0 Å². The number of aromatic carboxylic acids is 1. The molecule has 0 saturated heterocycles. The molecule has 0 saturated carbocycles. The normalized spacial score (nSPS) is 11.4. The Labute approximate surface area is 190 Å². The molecule has 6 nitrogen and oxygen atoms in total. The van der Waals surface area contributed by atoms with Gasteiger partial charge in [-0.05, 0) is 50.3 Å². The number of hydrogen-bond donors (Lipinski definition) is 1. The van der Waals surface area contributed by atoms with Crippen LogP contribution in [0.15, 0.2) is 30.3 Å². The van der Waals surface area contributed by atoms with Crippen LogP contribution in [0.3, 0.4) is 0 Å². The smallest absolute Gasteiger partial charge is 0.545 e. The van der Waals surface area contributed by atoms with Crippen molar-refractivity contribution in [2.75, 3.05) is 0 Å². The Hall–Kier alpha value is -2.29. The van der Waals surface area contributed by atoms with Crippen LogP contribution >= 0.6 is 0 Å². The summed E-state index contributed by atoms with van der Waals surface area (Å²) in [4.78, 5) is 28.0. The zero-order chi connectivity index (χ0) is 22.0. The van der Waals surface area contributed by atoms with Crippen molar-refractivity contribution in [1.29, 1.82) is 0 Å². The second-order valence-electron chi connectivity index (χ2n) is 9.10. The van der Waals surface area contributed by atoms with Crippen LogP contribution in [0.4, 0.5) is 4.79 Å². The predicted molar refractivity (Wildman–Crippen MR) is 111 cm³/mol. The van der Waals surface area contributed by atoms with Crippen LogP contribution in [0.1, 0.15) is 68.7 Å². The molecule has 0 radical (unpaired) electrons. The van der Waals surface area contributed by atoms with Crippen LogP contribution in [-0.4, -0.2) is 22.6 Å². The minimum Gasteiger partial charge on any atom is -0.545 e. The molecule has 0 atom stereocenters. The Balaban J connectivity index is 0.00000450. The average molecular weight is 404 g/mol. The average Bonchev–Trinajstić information content (AvgIpc) is 2.57. The van der Waals surface area contributed by atoms with Gasteiger partial charge < -0.3 is 20.0 Å². The number of rotatable bonds is 4. The summed E-state index contributed by atoms with van der Waals surface area (Å²) in [6, 6.07) is 9.68. The largest absolute Gasteiger partial charge is 1.00 e. The fraction of sp³-hybridized carbons (Fsp3) is 0.435. The van der Waals surface area contributed by atoms with Crippen LogP contribution < -0.4 is 29.3 Å². The Morgan fingerprint density at radius 3 is 2.10 bits per heavy atom. The van der Waals surface area contributed by atoms with E-state index in [0.29, 0.717) is 17.0 Å². The van der Waals surface area contributed by atoms with Gasteiger partial charge in [-0.1, -0.05) is 45.0 Å². The molecular weight excluding hydrogens is 375 g/mol. The van der Waals surface area contributed by atoms with E-state index < -0.39 is 17.7 Å². The number of aromatic nitrogens is 1. The first kappa shape index (κ1) is 25.7. The summed E-state index contributed by atoms with van der Waals surface area (Å²) in [7, 11) is 0. The minimum atomic E-state index is -1.33. The molecule has 1 N–H and O–H groups in total. The van der Waals surface area contributed by atoms with Crippen molar-refractivity contribution in [3.8, 4) is 11.3 Å². The van der Waals surface area contributed by atoms with Gasteiger partial charge in [0, 0.05) is 23.4 Å². The quantitative estimate of drug-likeness (QED) is 0.760. The summed E-state index contributed by atoms with van der Waals surface area (Å²) in [6.45, 7) is 13.3. The zero-order valence-corrected chi connectivity index (χ0v) is 19.2. The molecule has 1 aromatic heterocycles. The number of alkyl carbamates (subject to hydrolysis) is 1. The Morgan fingerprint density at radius 2 is 1.63 bits per heavy atom. The van der Waals surface area contributed by atoms with E-state index in [1.54, 1.807) is 33.8 Å². The van der Waals surface area contributed by atoms with Crippen molar-refractivity contribution in [1.82, 2.24) is 10.3 Å². The van der Waals surface area contributed by atoms with Gasteiger partial charge >= 0.3 is 25.0 Å². The van der Waals surface area contributed by atoms with Crippen molar-refractivity contribution in [3.05, 3.63) is 52.7 Å². The Bertz CT molecular complexity index is 911. The zero-order valence-electron chi connectivity index (χ0n) is 19.2. The topological polar surface area (TPSA) is 91.3 Å². The minimum absolute atomic E-state index is 0. The number of nitrogens with zero attached hydrogens (tertiary/aromatic N) is 1. The standard InChI is InChI=1S/C23H30N2O4.Li/c1-14-19(20(26)27)16(13-24-21(28)29-23(5,6)7)12-18(25-14)15-8-10-17(11-9-15)22(2,3)4;/h8-12H,13H2,1-7H3,(H,24,28)(H,26,27);/q;+1/p-1. The number of pyridine rings is 1. The van der Waals surface area contributed by atoms with Gasteiger partial charge in [-0.3, -0.25) is 4.98 Å². The van der Waals surface area contributed by atoms with E-state index in [9.17, 15) is 14.7 Å². The first-order chi connectivity index (χ1) is 13.3. The van der Waals surface area contributed by atoms with Gasteiger partial charge in [-0.2, -0.15) is 0 Å². The van der Waals surface area contributed by atoms with E-state index >= 15 is 0 Å². The number of carbonyl (C=O) groups is 2. The molecule has 2 rings (SSSR count). The van der Waals surface area contributed by atoms with Crippen LogP contribution in [0.25, 0.3) is 11.3 Å². The number of ether oxygens (including phenoxy) is 1. The summed E-state index contributed by atoms with van der Waals surface area (Å²) in [5.74, 6) is -1.33. The summed E-state index contributed by atoms with van der Waals surface area (Å²) in [5, 5.41) is 14.2. The molecule has 0 aliphatic carbocycles. The van der Waals surface area contributed by atoms with E-state index in [4.69, 9.17) is 4.74 Å². The number of nitrogens with one attached hydrogen (secondary N) is 1. The predicted octanol–water partition coefficient (Wildman–Crippen LogP) is 0.747. The summed E-state index contributed by atoms with van der Waals surface area (Å²) >= 11 is 0. The molecule has 30 heavy (non-hydrogen) atoms. The molecular formula is C23H29LiN2O4. The van der Waals surface area contributed by atoms with E-state index in [1.807, 2.05) is 24.3 Å². The Kier molecular flexibility index (Phi) is 8.30. The maximum absolute atomic E-state index is 12.0. The van der Waals surface area contributed by atoms with Crippen LogP contribution in [0, 0.1) is 6.92 Å². The van der Waals surface area contributed by atoms with Gasteiger partial charge in [0.1, 0.15) is 5.60 Å². The molecule has 0 aliphatic rings. The Morgan fingerprint density at radius 1 is 1.07 bits per heavy atom. The number of aryl methyl sites for hydroxylation is 1. The fourth-order valence-corrected chi connectivity index (χ4v) is 2.93. The van der Waals surface area contributed by atoms with Crippen molar-refractivity contribution < 1.29 is 38.3 Å². The van der Waals surface area contributed by atoms with Crippen LogP contribution in [0.2, 0.25) is 0 Å². The van der Waals surface area contributed by atoms with Gasteiger partial charge in [0.05, 0.1) is 11.7 Å². The number of benzene rings is 1. The monoisotopic (exact) mass is 404 g/mol. The summed E-state index contributed by atoms with van der Waals surface area (Å²) < 4.78 is 5.22. The van der Waals surface area contributed by atoms with Crippen molar-refractivity contribution in [2.24, 2.45) is 0 Å². The number of carboxylic acids is 1. The fourth-order valence-electron chi connectivity index (χ4n) is 2.93. The van der Waals surface area contributed by atoms with Gasteiger partial charge in [-0.15, -0.1) is 0 Å². The van der Waals surface area contributed by atoms with Gasteiger partial charge in [-0.25, -0.2) is 4.79 Å². The number of hydrogen-bond acceptors (Lipinski definition) is 5. The first-order valence-corrected chi connectivity index (χ1v) is 9.57. The van der Waals surface area contributed by atoms with Crippen LogP contribution in [0.5, 0.6) is 0 Å². The third-order valence-electron chi connectivity index (χ3n) is 4.35. The maximum Gasteiger partial charge on any atom is 1.00 e. The molecule has 7 heteroatoms. The van der Waals surface area contributed by atoms with Crippen molar-refractivity contribution >= 4 is 12.1 Å². The molecule has 0 unspecified atom stereocenters. The molecule has 0 aliphatic heterocycles. The second kappa shape index (κ2) is 9.68. The molecule has 0 bridgehead atoms. The summed E-state index contributed by atoms with van der Waals surface area (Å²) in [5.41, 5.74) is 2.81. The second-order valence-corrected chi connectivity index (χ2v) is 9.10. The third kappa shape index (κ3) is 6.90. The van der Waals surface area contributed by atoms with Crippen molar-refractivity contribution in [3.63, 3.8) is 0 Å². The first-order valence-electron chi connectivity index (χ1n) is 9.57. The van der Waals surface area contributed by atoms with Gasteiger partial charge in [0.15, 0.2) is 0 Å². The van der Waals surface area contributed by atoms with Gasteiger partial charge in [0.2, 0.25) is 0 Å². The summed E-state index contributed by atoms with van der Waals surface area (Å²) in [6.07, 6.45) is -0.618. The molecule has 1 aromatic carbocycles. The molecule has 0 fully saturated rings. The third-order valence-corrected chi connectivity index (χ3v) is 4.35. The van der Waals surface area contributed by atoms with E-state index in [-0.39, 0.29) is 36.4 Å². The number of amides is 1. The van der Waals surface area contributed by atoms with E-state index in [1.165, 1.54) is 5.56 Å². The molecule has 156 valence electrons. The maximum atomic E-state index is 12.0. The van der Waals surface area contributed by atoms with E-state index in [0.717, 1.165) is 5.56 Å². The molecule has 2 aromatic rings. The molecule has 1 amide bonds. The van der Waals surface area contributed by atoms with Crippen molar-refractivity contribution in [2.45, 2.75) is 66.0 Å². The molecule has 1 heterocycles. The number of carbonyl (C=O) groups excluding carboxylic acids is 2. The number of carboxylic acid groups (broad SMARTS) is 1. The van der Waals surface area contributed by atoms with Crippen LogP contribution in [-0.2, 0) is 16.7 Å².